The Morgan fingerprint density at radius 3 is 2.81 bits per heavy atom. The van der Waals surface area contributed by atoms with Crippen LogP contribution in [0.4, 0.5) is 0 Å². The van der Waals surface area contributed by atoms with E-state index in [1.54, 1.807) is 0 Å². The summed E-state index contributed by atoms with van der Waals surface area (Å²) in [5.74, 6) is 1.75. The standard InChI is InChI=1S/C14H22N2/c1-11-6-7-13(9-12(11)2)16-10-14-5-3-4-8-15-14/h3-5,8,11-13,16H,6-7,9-10H2,1-2H3. The molecule has 1 aliphatic carbocycles. The molecule has 1 aromatic heterocycles. The van der Waals surface area contributed by atoms with Gasteiger partial charge in [-0.3, -0.25) is 4.98 Å². The fourth-order valence-electron chi connectivity index (χ4n) is 2.48. The molecule has 2 heteroatoms. The third kappa shape index (κ3) is 3.05. The molecule has 0 aromatic carbocycles. The minimum Gasteiger partial charge on any atom is -0.308 e. The van der Waals surface area contributed by atoms with Crippen molar-refractivity contribution in [2.45, 2.75) is 45.7 Å². The average molecular weight is 218 g/mol. The van der Waals surface area contributed by atoms with Crippen molar-refractivity contribution in [3.63, 3.8) is 0 Å². The summed E-state index contributed by atoms with van der Waals surface area (Å²) in [5, 5.41) is 3.63. The number of hydrogen-bond donors (Lipinski definition) is 1. The van der Waals surface area contributed by atoms with E-state index in [9.17, 15) is 0 Å². The Morgan fingerprint density at radius 2 is 2.12 bits per heavy atom. The molecule has 1 heterocycles. The molecule has 3 unspecified atom stereocenters. The highest BCUT2D eigenvalue weighted by Crippen LogP contribution is 2.29. The van der Waals surface area contributed by atoms with Crippen molar-refractivity contribution in [1.82, 2.24) is 10.3 Å². The highest BCUT2D eigenvalue weighted by Gasteiger charge is 2.23. The second kappa shape index (κ2) is 5.44. The predicted octanol–water partition coefficient (Wildman–Crippen LogP) is 3.00. The first-order chi connectivity index (χ1) is 7.75. The monoisotopic (exact) mass is 218 g/mol. The summed E-state index contributed by atoms with van der Waals surface area (Å²) in [6.45, 7) is 5.66. The van der Waals surface area contributed by atoms with Crippen molar-refractivity contribution in [2.75, 3.05) is 0 Å². The van der Waals surface area contributed by atoms with Gasteiger partial charge in [0, 0.05) is 18.8 Å². The van der Waals surface area contributed by atoms with E-state index in [1.165, 1.54) is 19.3 Å². The number of hydrogen-bond acceptors (Lipinski definition) is 2. The third-order valence-electron chi connectivity index (χ3n) is 3.90. The van der Waals surface area contributed by atoms with Crippen molar-refractivity contribution in [3.8, 4) is 0 Å². The molecule has 0 saturated heterocycles. The van der Waals surface area contributed by atoms with Crippen molar-refractivity contribution in [2.24, 2.45) is 11.8 Å². The molecule has 0 spiro atoms. The van der Waals surface area contributed by atoms with Crippen LogP contribution in [0.3, 0.4) is 0 Å². The first kappa shape index (κ1) is 11.6. The maximum atomic E-state index is 4.33. The van der Waals surface area contributed by atoms with Crippen LogP contribution in [0.2, 0.25) is 0 Å². The molecular formula is C14H22N2. The molecule has 0 amide bonds. The lowest BCUT2D eigenvalue weighted by molar-refractivity contribution is 0.225. The summed E-state index contributed by atoms with van der Waals surface area (Å²) in [7, 11) is 0. The summed E-state index contributed by atoms with van der Waals surface area (Å²) in [5.41, 5.74) is 1.15. The van der Waals surface area contributed by atoms with Gasteiger partial charge in [-0.1, -0.05) is 19.9 Å². The molecule has 16 heavy (non-hydrogen) atoms. The summed E-state index contributed by atoms with van der Waals surface area (Å²) in [6, 6.07) is 6.79. The SMILES string of the molecule is CC1CCC(NCc2ccccn2)CC1C. The van der Waals surface area contributed by atoms with Gasteiger partial charge in [-0.15, -0.1) is 0 Å². The summed E-state index contributed by atoms with van der Waals surface area (Å²) >= 11 is 0. The van der Waals surface area contributed by atoms with Crippen molar-refractivity contribution < 1.29 is 0 Å². The molecule has 0 bridgehead atoms. The lowest BCUT2D eigenvalue weighted by Crippen LogP contribution is -2.35. The maximum Gasteiger partial charge on any atom is 0.0541 e. The van der Waals surface area contributed by atoms with Gasteiger partial charge in [0.15, 0.2) is 0 Å². The highest BCUT2D eigenvalue weighted by atomic mass is 14.9. The van der Waals surface area contributed by atoms with Crippen LogP contribution >= 0.6 is 0 Å². The van der Waals surface area contributed by atoms with Crippen LogP contribution in [-0.4, -0.2) is 11.0 Å². The molecule has 1 fully saturated rings. The quantitative estimate of drug-likeness (QED) is 0.843. The van der Waals surface area contributed by atoms with Gasteiger partial charge in [0.25, 0.3) is 0 Å². The van der Waals surface area contributed by atoms with E-state index in [4.69, 9.17) is 0 Å². The van der Waals surface area contributed by atoms with Crippen LogP contribution in [0, 0.1) is 11.8 Å². The van der Waals surface area contributed by atoms with Gasteiger partial charge in [-0.2, -0.15) is 0 Å². The van der Waals surface area contributed by atoms with Crippen LogP contribution in [0.15, 0.2) is 24.4 Å². The normalized spacial score (nSPS) is 30.2. The van der Waals surface area contributed by atoms with Gasteiger partial charge in [0.05, 0.1) is 5.69 Å². The van der Waals surface area contributed by atoms with E-state index in [0.29, 0.717) is 6.04 Å². The van der Waals surface area contributed by atoms with E-state index in [1.807, 2.05) is 12.3 Å². The molecular weight excluding hydrogens is 196 g/mol. The number of aromatic nitrogens is 1. The Labute approximate surface area is 98.5 Å². The molecule has 1 aromatic rings. The van der Waals surface area contributed by atoms with Gasteiger partial charge >= 0.3 is 0 Å². The Bertz CT molecular complexity index is 310. The molecule has 0 radical (unpaired) electrons. The first-order valence-electron chi connectivity index (χ1n) is 6.39. The predicted molar refractivity (Wildman–Crippen MR) is 67.0 cm³/mol. The number of rotatable bonds is 3. The zero-order valence-corrected chi connectivity index (χ0v) is 10.3. The van der Waals surface area contributed by atoms with Crippen LogP contribution in [0.5, 0.6) is 0 Å². The third-order valence-corrected chi connectivity index (χ3v) is 3.90. The van der Waals surface area contributed by atoms with Gasteiger partial charge in [0.2, 0.25) is 0 Å². The van der Waals surface area contributed by atoms with E-state index in [2.05, 4.69) is 36.3 Å². The van der Waals surface area contributed by atoms with Gasteiger partial charge in [-0.05, 0) is 43.2 Å². The molecule has 0 aliphatic heterocycles. The summed E-state index contributed by atoms with van der Waals surface area (Å²) < 4.78 is 0. The van der Waals surface area contributed by atoms with Crippen LogP contribution in [0.1, 0.15) is 38.8 Å². The fraction of sp³-hybridized carbons (Fsp3) is 0.643. The smallest absolute Gasteiger partial charge is 0.0541 e. The van der Waals surface area contributed by atoms with Gasteiger partial charge in [0.1, 0.15) is 0 Å². The Kier molecular flexibility index (Phi) is 3.94. The second-order valence-electron chi connectivity index (χ2n) is 5.17. The Balaban J connectivity index is 1.79. The van der Waals surface area contributed by atoms with Crippen LogP contribution < -0.4 is 5.32 Å². The number of nitrogens with zero attached hydrogens (tertiary/aromatic N) is 1. The van der Waals surface area contributed by atoms with Crippen LogP contribution in [0.25, 0.3) is 0 Å². The first-order valence-corrected chi connectivity index (χ1v) is 6.39. The van der Waals surface area contributed by atoms with Crippen molar-refractivity contribution >= 4 is 0 Å². The Morgan fingerprint density at radius 1 is 1.25 bits per heavy atom. The summed E-state index contributed by atoms with van der Waals surface area (Å²) in [4.78, 5) is 4.33. The fourth-order valence-corrected chi connectivity index (χ4v) is 2.48. The molecule has 1 aliphatic rings. The maximum absolute atomic E-state index is 4.33. The minimum absolute atomic E-state index is 0.688. The zero-order valence-electron chi connectivity index (χ0n) is 10.3. The van der Waals surface area contributed by atoms with E-state index >= 15 is 0 Å². The summed E-state index contributed by atoms with van der Waals surface area (Å²) in [6.07, 6.45) is 5.86. The largest absolute Gasteiger partial charge is 0.308 e. The minimum atomic E-state index is 0.688. The molecule has 88 valence electrons. The lowest BCUT2D eigenvalue weighted by atomic mass is 9.79. The molecule has 3 atom stereocenters. The molecule has 1 N–H and O–H groups in total. The topological polar surface area (TPSA) is 24.9 Å². The van der Waals surface area contributed by atoms with Crippen LogP contribution in [-0.2, 0) is 6.54 Å². The zero-order chi connectivity index (χ0) is 11.4. The number of nitrogens with one attached hydrogen (secondary N) is 1. The highest BCUT2D eigenvalue weighted by molar-refractivity contribution is 5.03. The van der Waals surface area contributed by atoms with E-state index in [0.717, 1.165) is 24.1 Å². The van der Waals surface area contributed by atoms with E-state index in [-0.39, 0.29) is 0 Å². The van der Waals surface area contributed by atoms with Crippen molar-refractivity contribution in [1.29, 1.82) is 0 Å². The van der Waals surface area contributed by atoms with E-state index < -0.39 is 0 Å². The average Bonchev–Trinajstić information content (AvgIpc) is 2.32. The van der Waals surface area contributed by atoms with Crippen molar-refractivity contribution in [3.05, 3.63) is 30.1 Å². The molecule has 1 saturated carbocycles. The lowest BCUT2D eigenvalue weighted by Gasteiger charge is -2.32. The molecule has 2 nitrogen and oxygen atoms in total. The second-order valence-corrected chi connectivity index (χ2v) is 5.17. The Hall–Kier alpha value is -0.890. The molecule has 2 rings (SSSR count). The van der Waals surface area contributed by atoms with Gasteiger partial charge in [-0.25, -0.2) is 0 Å². The van der Waals surface area contributed by atoms with Gasteiger partial charge < -0.3 is 5.32 Å². The number of pyridine rings is 1.